The molecule has 2 saturated heterocycles. The van der Waals surface area contributed by atoms with Gasteiger partial charge in [0.1, 0.15) is 11.0 Å². The second kappa shape index (κ2) is 7.28. The third kappa shape index (κ3) is 2.34. The van der Waals surface area contributed by atoms with E-state index in [-0.39, 0.29) is 23.6 Å². The van der Waals surface area contributed by atoms with Crippen molar-refractivity contribution < 1.29 is 14.4 Å². The smallest absolute Gasteiger partial charge is 0.251 e. The maximum atomic E-state index is 14.4. The lowest BCUT2D eigenvalue weighted by atomic mass is 9.57. The molecule has 3 aromatic rings. The van der Waals surface area contributed by atoms with Crippen LogP contribution in [0, 0.1) is 12.8 Å². The number of ketones is 1. The number of carbonyl (C=O) groups is 3. The Kier molecular flexibility index (Phi) is 4.40. The van der Waals surface area contributed by atoms with Gasteiger partial charge in [-0.2, -0.15) is 0 Å². The third-order valence-electron chi connectivity index (χ3n) is 8.71. The number of fused-ring (bicyclic) bond motifs is 7. The lowest BCUT2D eigenvalue weighted by Crippen LogP contribution is -2.62. The summed E-state index contributed by atoms with van der Waals surface area (Å²) < 4.78 is 0. The highest BCUT2D eigenvalue weighted by Crippen LogP contribution is 2.68. The van der Waals surface area contributed by atoms with Crippen molar-refractivity contribution in [2.45, 2.75) is 36.8 Å². The first kappa shape index (κ1) is 21.8. The first-order valence-corrected chi connectivity index (χ1v) is 12.7. The Labute approximate surface area is 213 Å². The first-order chi connectivity index (χ1) is 17.4. The van der Waals surface area contributed by atoms with Gasteiger partial charge in [-0.25, -0.2) is 0 Å². The molecule has 2 fully saturated rings. The van der Waals surface area contributed by atoms with Crippen molar-refractivity contribution in [1.82, 2.24) is 4.90 Å². The number of aryl methyl sites for hydroxylation is 1. The minimum atomic E-state index is -1.45. The molecule has 0 saturated carbocycles. The second-order valence-corrected chi connectivity index (χ2v) is 10.7. The van der Waals surface area contributed by atoms with Gasteiger partial charge in [0, 0.05) is 33.6 Å². The molecule has 0 bridgehead atoms. The Morgan fingerprint density at radius 1 is 0.972 bits per heavy atom. The average molecular weight is 498 g/mol. The standard InChI is InChI=1S/C29H24ClN3O3/c1-16-14-18(30)15-20-24(16)32-27(36)29(20)28(19-10-5-6-11-21(19)31-26(28)35)23(22-12-7-13-33(22)29)25(34)17-8-3-2-4-9-17/h2-6,8-11,14-15,22-23H,7,12-13H2,1H3,(H,31,35)(H,32,36)/t22-,23+,28+,29+/m1/s1. The lowest BCUT2D eigenvalue weighted by molar-refractivity contribution is -0.137. The topological polar surface area (TPSA) is 78.5 Å². The third-order valence-corrected chi connectivity index (χ3v) is 8.93. The molecule has 0 aliphatic carbocycles. The van der Waals surface area contributed by atoms with Crippen molar-refractivity contribution in [3.05, 3.63) is 94.0 Å². The van der Waals surface area contributed by atoms with Gasteiger partial charge >= 0.3 is 0 Å². The van der Waals surface area contributed by atoms with E-state index in [9.17, 15) is 14.4 Å². The van der Waals surface area contributed by atoms with Crippen LogP contribution in [-0.2, 0) is 20.5 Å². The maximum absolute atomic E-state index is 14.4. The van der Waals surface area contributed by atoms with Crippen LogP contribution in [-0.4, -0.2) is 35.1 Å². The molecule has 3 aromatic carbocycles. The number of nitrogens with zero attached hydrogens (tertiary/aromatic N) is 1. The van der Waals surface area contributed by atoms with Crippen LogP contribution < -0.4 is 10.6 Å². The van der Waals surface area contributed by atoms with Gasteiger partial charge in [-0.3, -0.25) is 19.3 Å². The average Bonchev–Trinajstić information content (AvgIpc) is 3.59. The molecule has 2 amide bonds. The van der Waals surface area contributed by atoms with E-state index in [1.807, 2.05) is 61.5 Å². The zero-order chi connectivity index (χ0) is 24.8. The molecule has 7 rings (SSSR count). The monoisotopic (exact) mass is 497 g/mol. The van der Waals surface area contributed by atoms with Crippen molar-refractivity contribution in [2.75, 3.05) is 17.2 Å². The van der Waals surface area contributed by atoms with E-state index >= 15 is 0 Å². The molecule has 0 radical (unpaired) electrons. The zero-order valence-corrected chi connectivity index (χ0v) is 20.4. The lowest BCUT2D eigenvalue weighted by Gasteiger charge is -2.43. The minimum absolute atomic E-state index is 0.115. The van der Waals surface area contributed by atoms with E-state index in [4.69, 9.17) is 11.6 Å². The molecule has 7 heteroatoms. The van der Waals surface area contributed by atoms with Crippen LogP contribution in [0.4, 0.5) is 11.4 Å². The van der Waals surface area contributed by atoms with E-state index in [1.54, 1.807) is 12.1 Å². The van der Waals surface area contributed by atoms with Crippen LogP contribution in [0.25, 0.3) is 0 Å². The molecule has 0 unspecified atom stereocenters. The first-order valence-electron chi connectivity index (χ1n) is 12.3. The van der Waals surface area contributed by atoms with Gasteiger partial charge < -0.3 is 10.6 Å². The van der Waals surface area contributed by atoms with Gasteiger partial charge in [-0.15, -0.1) is 0 Å². The second-order valence-electron chi connectivity index (χ2n) is 10.2. The summed E-state index contributed by atoms with van der Waals surface area (Å²) in [4.78, 5) is 45.4. The molecule has 180 valence electrons. The number of amides is 2. The molecule has 6 nitrogen and oxygen atoms in total. The van der Waals surface area contributed by atoms with Gasteiger partial charge in [-0.05, 0) is 55.6 Å². The van der Waals surface area contributed by atoms with Crippen LogP contribution >= 0.6 is 11.6 Å². The number of anilines is 2. The summed E-state index contributed by atoms with van der Waals surface area (Å²) in [5.41, 5.74) is 1.23. The van der Waals surface area contributed by atoms with E-state index < -0.39 is 16.9 Å². The summed E-state index contributed by atoms with van der Waals surface area (Å²) in [6.45, 7) is 2.52. The summed E-state index contributed by atoms with van der Waals surface area (Å²) in [7, 11) is 0. The Hall–Kier alpha value is -3.48. The number of benzene rings is 3. The number of rotatable bonds is 2. The van der Waals surface area contributed by atoms with Gasteiger partial charge in [0.25, 0.3) is 5.91 Å². The largest absolute Gasteiger partial charge is 0.325 e. The molecular weight excluding hydrogens is 474 g/mol. The molecular formula is C29H24ClN3O3. The van der Waals surface area contributed by atoms with Gasteiger partial charge in [0.15, 0.2) is 5.78 Å². The number of hydrogen-bond donors (Lipinski definition) is 2. The normalized spacial score (nSPS) is 29.8. The van der Waals surface area contributed by atoms with E-state index in [1.165, 1.54) is 0 Å². The molecule has 2 N–H and O–H groups in total. The minimum Gasteiger partial charge on any atom is -0.325 e. The van der Waals surface area contributed by atoms with Gasteiger partial charge in [-0.1, -0.05) is 60.1 Å². The van der Waals surface area contributed by atoms with Crippen LogP contribution in [0.1, 0.15) is 39.9 Å². The fourth-order valence-corrected chi connectivity index (χ4v) is 7.87. The molecule has 4 heterocycles. The highest BCUT2D eigenvalue weighted by molar-refractivity contribution is 6.31. The quantitative estimate of drug-likeness (QED) is 0.505. The Balaban J connectivity index is 1.62. The van der Waals surface area contributed by atoms with Crippen molar-refractivity contribution in [1.29, 1.82) is 0 Å². The molecule has 36 heavy (non-hydrogen) atoms. The van der Waals surface area contributed by atoms with Gasteiger partial charge in [0.2, 0.25) is 5.91 Å². The van der Waals surface area contributed by atoms with Gasteiger partial charge in [0.05, 0.1) is 5.92 Å². The van der Waals surface area contributed by atoms with Crippen LogP contribution in [0.3, 0.4) is 0 Å². The van der Waals surface area contributed by atoms with Crippen molar-refractivity contribution in [3.63, 3.8) is 0 Å². The van der Waals surface area contributed by atoms with E-state index in [0.717, 1.165) is 18.4 Å². The highest BCUT2D eigenvalue weighted by Gasteiger charge is 2.81. The summed E-state index contributed by atoms with van der Waals surface area (Å²) in [5, 5.41) is 6.66. The maximum Gasteiger partial charge on any atom is 0.251 e. The van der Waals surface area contributed by atoms with Crippen molar-refractivity contribution in [3.8, 4) is 0 Å². The fourth-order valence-electron chi connectivity index (χ4n) is 7.59. The number of halogens is 1. The Morgan fingerprint density at radius 3 is 2.53 bits per heavy atom. The number of Topliss-reactive ketones (excluding diaryl/α,β-unsaturated/α-hetero) is 1. The summed E-state index contributed by atoms with van der Waals surface area (Å²) in [5.74, 6) is -1.45. The van der Waals surface area contributed by atoms with Crippen LogP contribution in [0.2, 0.25) is 5.02 Å². The predicted octanol–water partition coefficient (Wildman–Crippen LogP) is 4.66. The number of hydrogen-bond acceptors (Lipinski definition) is 4. The van der Waals surface area contributed by atoms with E-state index in [2.05, 4.69) is 15.5 Å². The predicted molar refractivity (Wildman–Crippen MR) is 137 cm³/mol. The fraction of sp³-hybridized carbons (Fsp3) is 0.276. The molecule has 4 atom stereocenters. The molecule has 0 aromatic heterocycles. The summed E-state index contributed by atoms with van der Waals surface area (Å²) >= 11 is 6.58. The Bertz CT molecular complexity index is 1490. The number of nitrogens with one attached hydrogen (secondary N) is 2. The van der Waals surface area contributed by atoms with E-state index in [0.29, 0.717) is 39.6 Å². The zero-order valence-electron chi connectivity index (χ0n) is 19.7. The molecule has 2 spiro atoms. The highest BCUT2D eigenvalue weighted by atomic mass is 35.5. The number of carbonyl (C=O) groups excluding carboxylic acids is 3. The number of para-hydroxylation sites is 1. The van der Waals surface area contributed by atoms with Crippen LogP contribution in [0.5, 0.6) is 0 Å². The molecule has 4 aliphatic heterocycles. The van der Waals surface area contributed by atoms with Crippen molar-refractivity contribution >= 4 is 40.6 Å². The summed E-state index contributed by atoms with van der Waals surface area (Å²) in [6.07, 6.45) is 1.57. The van der Waals surface area contributed by atoms with Crippen LogP contribution in [0.15, 0.2) is 66.7 Å². The SMILES string of the molecule is Cc1cc(Cl)cc2c1NC(=O)[C@@]21N2CCC[C@@H]2[C@@H](C(=O)c2ccccc2)[C@@]12C(=O)Nc1ccccc12. The summed E-state index contributed by atoms with van der Waals surface area (Å²) in [6, 6.07) is 20.0. The molecule has 4 aliphatic rings. The van der Waals surface area contributed by atoms with Crippen molar-refractivity contribution in [2.24, 2.45) is 5.92 Å². The Morgan fingerprint density at radius 2 is 1.72 bits per heavy atom.